The molecule has 0 bridgehead atoms. The Morgan fingerprint density at radius 1 is 1.11 bits per heavy atom. The molecule has 0 spiro atoms. The predicted molar refractivity (Wildman–Crippen MR) is 66.9 cm³/mol. The molecule has 1 unspecified atom stereocenters. The van der Waals surface area contributed by atoms with E-state index < -0.39 is 19.1 Å². The zero-order chi connectivity index (χ0) is 13.8. The molecular weight excluding hydrogens is 238 g/mol. The van der Waals surface area contributed by atoms with Gasteiger partial charge in [-0.15, -0.1) is 0 Å². The van der Waals surface area contributed by atoms with Gasteiger partial charge < -0.3 is 9.84 Å². The second kappa shape index (κ2) is 6.25. The molecule has 0 aromatic heterocycles. The summed E-state index contributed by atoms with van der Waals surface area (Å²) in [6, 6.07) is 7.48. The first kappa shape index (κ1) is 15.1. The monoisotopic (exact) mass is 258 g/mol. The lowest BCUT2D eigenvalue weighted by Crippen LogP contribution is -2.13. The van der Waals surface area contributed by atoms with Gasteiger partial charge in [-0.2, -0.15) is 0 Å². The Morgan fingerprint density at radius 2 is 1.67 bits per heavy atom. The van der Waals surface area contributed by atoms with Gasteiger partial charge in [-0.05, 0) is 16.5 Å². The van der Waals surface area contributed by atoms with Crippen LogP contribution >= 0.6 is 0 Å². The van der Waals surface area contributed by atoms with Crippen LogP contribution in [0.25, 0.3) is 0 Å². The van der Waals surface area contributed by atoms with E-state index in [0.717, 1.165) is 5.56 Å². The third kappa shape index (κ3) is 4.70. The van der Waals surface area contributed by atoms with E-state index in [1.165, 1.54) is 0 Å². The van der Waals surface area contributed by atoms with Crippen molar-refractivity contribution in [3.05, 3.63) is 35.4 Å². The highest BCUT2D eigenvalue weighted by Gasteiger charge is 2.15. The summed E-state index contributed by atoms with van der Waals surface area (Å²) in [5, 5.41) is 9.76. The number of rotatable bonds is 5. The van der Waals surface area contributed by atoms with Gasteiger partial charge in [0.05, 0.1) is 6.61 Å². The Balaban J connectivity index is 2.56. The second-order valence-corrected chi connectivity index (χ2v) is 5.32. The van der Waals surface area contributed by atoms with Gasteiger partial charge in [-0.1, -0.05) is 45.0 Å². The number of ether oxygens (including phenoxy) is 1. The summed E-state index contributed by atoms with van der Waals surface area (Å²) in [6.07, 6.45) is -3.36. The minimum absolute atomic E-state index is 0.0512. The van der Waals surface area contributed by atoms with Gasteiger partial charge >= 0.3 is 0 Å². The molecule has 0 aliphatic heterocycles. The van der Waals surface area contributed by atoms with Crippen LogP contribution < -0.4 is 0 Å². The van der Waals surface area contributed by atoms with Crippen molar-refractivity contribution in [2.45, 2.75) is 38.7 Å². The van der Waals surface area contributed by atoms with Gasteiger partial charge in [0.25, 0.3) is 6.43 Å². The van der Waals surface area contributed by atoms with Crippen molar-refractivity contribution in [1.82, 2.24) is 0 Å². The van der Waals surface area contributed by atoms with E-state index in [1.54, 1.807) is 12.1 Å². The van der Waals surface area contributed by atoms with Gasteiger partial charge in [0, 0.05) is 0 Å². The van der Waals surface area contributed by atoms with Gasteiger partial charge in [0.2, 0.25) is 0 Å². The molecule has 0 aliphatic carbocycles. The number of hydrogen-bond donors (Lipinski definition) is 1. The maximum atomic E-state index is 11.9. The molecule has 18 heavy (non-hydrogen) atoms. The Kier molecular flexibility index (Phi) is 5.23. The van der Waals surface area contributed by atoms with Crippen molar-refractivity contribution in [1.29, 1.82) is 0 Å². The first-order chi connectivity index (χ1) is 8.30. The molecule has 4 heteroatoms. The van der Waals surface area contributed by atoms with Gasteiger partial charge in [-0.3, -0.25) is 0 Å². The summed E-state index contributed by atoms with van der Waals surface area (Å²) in [7, 11) is 0. The van der Waals surface area contributed by atoms with Crippen LogP contribution in [0.2, 0.25) is 0 Å². The summed E-state index contributed by atoms with van der Waals surface area (Å²) in [6.45, 7) is 5.55. The highest BCUT2D eigenvalue weighted by Crippen LogP contribution is 2.24. The lowest BCUT2D eigenvalue weighted by molar-refractivity contribution is -0.0204. The van der Waals surface area contributed by atoms with Gasteiger partial charge in [0.15, 0.2) is 0 Å². The minimum atomic E-state index is -2.50. The highest BCUT2D eigenvalue weighted by atomic mass is 19.3. The molecule has 0 saturated heterocycles. The predicted octanol–water partition coefficient (Wildman–Crippen LogP) is 3.30. The Bertz CT molecular complexity index is 355. The molecule has 0 heterocycles. The highest BCUT2D eigenvalue weighted by molar-refractivity contribution is 5.28. The average Bonchev–Trinajstić information content (AvgIpc) is 2.27. The van der Waals surface area contributed by atoms with E-state index in [4.69, 9.17) is 4.74 Å². The van der Waals surface area contributed by atoms with Crippen molar-refractivity contribution in [2.24, 2.45) is 0 Å². The maximum Gasteiger partial charge on any atom is 0.261 e. The summed E-state index contributed by atoms with van der Waals surface area (Å²) in [4.78, 5) is 0. The molecule has 0 radical (unpaired) electrons. The number of aliphatic hydroxyl groups is 1. The molecule has 1 N–H and O–H groups in total. The largest absolute Gasteiger partial charge is 0.386 e. The van der Waals surface area contributed by atoms with Crippen LogP contribution in [-0.4, -0.2) is 24.7 Å². The third-order valence-corrected chi connectivity index (χ3v) is 2.68. The topological polar surface area (TPSA) is 29.5 Å². The molecule has 0 fully saturated rings. The second-order valence-electron chi connectivity index (χ2n) is 5.32. The molecule has 1 atom stereocenters. The van der Waals surface area contributed by atoms with Crippen LogP contribution in [0.15, 0.2) is 24.3 Å². The summed E-state index contributed by atoms with van der Waals surface area (Å²) in [5.74, 6) is 0. The fourth-order valence-corrected chi connectivity index (χ4v) is 1.57. The maximum absolute atomic E-state index is 11.9. The lowest BCUT2D eigenvalue weighted by Gasteiger charge is -2.20. The molecule has 1 aromatic rings. The summed E-state index contributed by atoms with van der Waals surface area (Å²) in [5.41, 5.74) is 1.89. The molecule has 2 nitrogen and oxygen atoms in total. The number of halogens is 2. The van der Waals surface area contributed by atoms with Gasteiger partial charge in [0.1, 0.15) is 12.7 Å². The Morgan fingerprint density at radius 3 is 2.11 bits per heavy atom. The van der Waals surface area contributed by atoms with Crippen molar-refractivity contribution < 1.29 is 18.6 Å². The van der Waals surface area contributed by atoms with E-state index in [0.29, 0.717) is 5.56 Å². The smallest absolute Gasteiger partial charge is 0.261 e. The molecule has 1 aromatic carbocycles. The minimum Gasteiger partial charge on any atom is -0.386 e. The summed E-state index contributed by atoms with van der Waals surface area (Å²) < 4.78 is 28.4. The number of aliphatic hydroxyl groups excluding tert-OH is 1. The fraction of sp³-hybridized carbons (Fsp3) is 0.571. The van der Waals surface area contributed by atoms with Crippen LogP contribution in [0.1, 0.15) is 38.0 Å². The first-order valence-corrected chi connectivity index (χ1v) is 5.95. The molecule has 102 valence electrons. The Hall–Kier alpha value is -1.00. The molecule has 1 rings (SSSR count). The van der Waals surface area contributed by atoms with Crippen LogP contribution in [0, 0.1) is 0 Å². The van der Waals surface area contributed by atoms with E-state index in [9.17, 15) is 13.9 Å². The third-order valence-electron chi connectivity index (χ3n) is 2.68. The molecular formula is C14H20F2O2. The first-order valence-electron chi connectivity index (χ1n) is 5.95. The van der Waals surface area contributed by atoms with E-state index in [-0.39, 0.29) is 12.0 Å². The SMILES string of the molecule is CC(C)(C)c1ccc(C(O)COCC(F)F)cc1. The fourth-order valence-electron chi connectivity index (χ4n) is 1.57. The average molecular weight is 258 g/mol. The normalized spacial score (nSPS) is 13.9. The molecule has 0 saturated carbocycles. The van der Waals surface area contributed by atoms with E-state index in [2.05, 4.69) is 20.8 Å². The Labute approximate surface area is 107 Å². The standard InChI is InChI=1S/C14H20F2O2/c1-14(2,3)11-6-4-10(5-7-11)12(17)8-18-9-13(15)16/h4-7,12-13,17H,8-9H2,1-3H3. The van der Waals surface area contributed by atoms with Crippen molar-refractivity contribution >= 4 is 0 Å². The van der Waals surface area contributed by atoms with Crippen molar-refractivity contribution in [3.63, 3.8) is 0 Å². The molecule has 0 aliphatic rings. The quantitative estimate of drug-likeness (QED) is 0.878. The number of hydrogen-bond acceptors (Lipinski definition) is 2. The number of benzene rings is 1. The van der Waals surface area contributed by atoms with Crippen LogP contribution in [0.5, 0.6) is 0 Å². The van der Waals surface area contributed by atoms with E-state index >= 15 is 0 Å². The van der Waals surface area contributed by atoms with Crippen LogP contribution in [0.3, 0.4) is 0 Å². The van der Waals surface area contributed by atoms with Gasteiger partial charge in [-0.25, -0.2) is 8.78 Å². The zero-order valence-electron chi connectivity index (χ0n) is 11.0. The van der Waals surface area contributed by atoms with E-state index in [1.807, 2.05) is 12.1 Å². The van der Waals surface area contributed by atoms with Crippen molar-refractivity contribution in [3.8, 4) is 0 Å². The number of alkyl halides is 2. The lowest BCUT2D eigenvalue weighted by atomic mass is 9.86. The summed E-state index contributed by atoms with van der Waals surface area (Å²) >= 11 is 0. The van der Waals surface area contributed by atoms with Crippen molar-refractivity contribution in [2.75, 3.05) is 13.2 Å². The zero-order valence-corrected chi connectivity index (χ0v) is 11.0. The van der Waals surface area contributed by atoms with Crippen LogP contribution in [0.4, 0.5) is 8.78 Å². The molecule has 0 amide bonds. The van der Waals surface area contributed by atoms with Crippen LogP contribution in [-0.2, 0) is 10.2 Å².